The smallest absolute Gasteiger partial charge is 0.241 e. The molecule has 3 aliphatic rings. The van der Waals surface area contributed by atoms with Crippen molar-refractivity contribution >= 4 is 5.91 Å². The Labute approximate surface area is 121 Å². The van der Waals surface area contributed by atoms with Crippen molar-refractivity contribution in [1.29, 1.82) is 0 Å². The Balaban J connectivity index is 1.56. The Bertz CT molecular complexity index is 392. The lowest BCUT2D eigenvalue weighted by Gasteiger charge is -2.65. The second-order valence-electron chi connectivity index (χ2n) is 7.47. The van der Waals surface area contributed by atoms with Crippen LogP contribution in [0.3, 0.4) is 0 Å². The summed E-state index contributed by atoms with van der Waals surface area (Å²) in [5.41, 5.74) is 5.52. The summed E-state index contributed by atoms with van der Waals surface area (Å²) in [5, 5.41) is 3.08. The van der Waals surface area contributed by atoms with Crippen LogP contribution in [0.4, 0.5) is 0 Å². The second kappa shape index (κ2) is 4.99. The van der Waals surface area contributed by atoms with E-state index in [0.29, 0.717) is 0 Å². The molecule has 4 heteroatoms. The van der Waals surface area contributed by atoms with Gasteiger partial charge in [-0.1, -0.05) is 26.7 Å². The number of fused-ring (bicyclic) bond motifs is 1. The fraction of sp³-hybridized carbons (Fsp3) is 0.938. The number of hydrogen-bond donors (Lipinski definition) is 2. The highest BCUT2D eigenvalue weighted by Gasteiger charge is 2.70. The first kappa shape index (κ1) is 14.3. The van der Waals surface area contributed by atoms with E-state index in [0.717, 1.165) is 38.3 Å². The van der Waals surface area contributed by atoms with Gasteiger partial charge in [0.05, 0.1) is 6.10 Å². The van der Waals surface area contributed by atoms with Gasteiger partial charge in [-0.05, 0) is 31.6 Å². The minimum absolute atomic E-state index is 0.0325. The van der Waals surface area contributed by atoms with Crippen LogP contribution in [-0.2, 0) is 9.53 Å². The lowest BCUT2D eigenvalue weighted by Crippen LogP contribution is -2.82. The van der Waals surface area contributed by atoms with Crippen LogP contribution in [-0.4, -0.2) is 30.7 Å². The monoisotopic (exact) mass is 280 g/mol. The number of ether oxygens (including phenoxy) is 1. The highest BCUT2D eigenvalue weighted by molar-refractivity contribution is 5.89. The number of carbonyl (C=O) groups excluding carboxylic acids is 1. The predicted octanol–water partition coefficient (Wildman–Crippen LogP) is 1.83. The molecule has 3 N–H and O–H groups in total. The van der Waals surface area contributed by atoms with E-state index < -0.39 is 5.54 Å². The van der Waals surface area contributed by atoms with Crippen LogP contribution in [0.1, 0.15) is 52.4 Å². The SMILES string of the molecule is CC1(C)C2OCCCC2C1(N)C(=O)NCCCC1CC1. The van der Waals surface area contributed by atoms with E-state index in [9.17, 15) is 4.79 Å². The van der Waals surface area contributed by atoms with E-state index in [1.807, 2.05) is 0 Å². The summed E-state index contributed by atoms with van der Waals surface area (Å²) in [4.78, 5) is 12.6. The summed E-state index contributed by atoms with van der Waals surface area (Å²) in [6, 6.07) is 0. The Morgan fingerprint density at radius 1 is 1.35 bits per heavy atom. The zero-order valence-electron chi connectivity index (χ0n) is 12.8. The lowest BCUT2D eigenvalue weighted by atomic mass is 9.46. The molecule has 1 heterocycles. The Morgan fingerprint density at radius 2 is 2.10 bits per heavy atom. The summed E-state index contributed by atoms with van der Waals surface area (Å²) in [6.07, 6.45) is 7.27. The van der Waals surface area contributed by atoms with Crippen molar-refractivity contribution in [3.63, 3.8) is 0 Å². The number of amides is 1. The van der Waals surface area contributed by atoms with Crippen LogP contribution in [0.2, 0.25) is 0 Å². The largest absolute Gasteiger partial charge is 0.377 e. The molecular formula is C16H28N2O2. The topological polar surface area (TPSA) is 64.3 Å². The normalized spacial score (nSPS) is 38.8. The van der Waals surface area contributed by atoms with Crippen LogP contribution in [0, 0.1) is 17.3 Å². The van der Waals surface area contributed by atoms with Gasteiger partial charge in [-0.3, -0.25) is 4.79 Å². The minimum atomic E-state index is -0.752. The first-order chi connectivity index (χ1) is 9.48. The standard InChI is InChI=1S/C16H28N2O2/c1-15(2)13-12(6-4-10-20-13)16(15,17)14(19)18-9-3-5-11-7-8-11/h11-13H,3-10,17H2,1-2H3,(H,18,19). The molecule has 2 saturated carbocycles. The third-order valence-corrected chi connectivity index (χ3v) is 5.83. The van der Waals surface area contributed by atoms with E-state index in [-0.39, 0.29) is 23.3 Å². The quantitative estimate of drug-likeness (QED) is 0.755. The molecule has 0 aromatic heterocycles. The molecule has 20 heavy (non-hydrogen) atoms. The van der Waals surface area contributed by atoms with E-state index in [1.165, 1.54) is 19.3 Å². The molecule has 3 rings (SSSR count). The van der Waals surface area contributed by atoms with E-state index in [4.69, 9.17) is 10.5 Å². The van der Waals surface area contributed by atoms with Gasteiger partial charge in [-0.25, -0.2) is 0 Å². The molecule has 3 unspecified atom stereocenters. The summed E-state index contributed by atoms with van der Waals surface area (Å²) < 4.78 is 5.84. The number of nitrogens with two attached hydrogens (primary N) is 1. The highest BCUT2D eigenvalue weighted by Crippen LogP contribution is 2.57. The van der Waals surface area contributed by atoms with Gasteiger partial charge in [-0.2, -0.15) is 0 Å². The molecule has 1 saturated heterocycles. The highest BCUT2D eigenvalue weighted by atomic mass is 16.5. The van der Waals surface area contributed by atoms with Gasteiger partial charge in [0.25, 0.3) is 0 Å². The van der Waals surface area contributed by atoms with Crippen molar-refractivity contribution in [2.24, 2.45) is 23.0 Å². The maximum atomic E-state index is 12.6. The Morgan fingerprint density at radius 3 is 2.80 bits per heavy atom. The van der Waals surface area contributed by atoms with Crippen molar-refractivity contribution in [2.75, 3.05) is 13.2 Å². The fourth-order valence-electron chi connectivity index (χ4n) is 4.18. The molecule has 2 aliphatic carbocycles. The zero-order chi connectivity index (χ0) is 14.4. The third-order valence-electron chi connectivity index (χ3n) is 5.83. The number of carbonyl (C=O) groups is 1. The molecule has 3 atom stereocenters. The van der Waals surface area contributed by atoms with Gasteiger partial charge >= 0.3 is 0 Å². The summed E-state index contributed by atoms with van der Waals surface area (Å²) in [6.45, 7) is 5.72. The van der Waals surface area contributed by atoms with E-state index in [1.54, 1.807) is 0 Å². The molecule has 0 bridgehead atoms. The summed E-state index contributed by atoms with van der Waals surface area (Å²) in [7, 11) is 0. The molecule has 4 nitrogen and oxygen atoms in total. The molecule has 0 radical (unpaired) electrons. The molecule has 3 fully saturated rings. The summed E-state index contributed by atoms with van der Waals surface area (Å²) in [5.74, 6) is 1.15. The van der Waals surface area contributed by atoms with Gasteiger partial charge in [0.2, 0.25) is 5.91 Å². The minimum Gasteiger partial charge on any atom is -0.377 e. The van der Waals surface area contributed by atoms with Crippen molar-refractivity contribution in [2.45, 2.75) is 64.0 Å². The van der Waals surface area contributed by atoms with Crippen LogP contribution in [0.15, 0.2) is 0 Å². The van der Waals surface area contributed by atoms with Gasteiger partial charge in [0.15, 0.2) is 0 Å². The molecule has 1 amide bonds. The Hall–Kier alpha value is -0.610. The van der Waals surface area contributed by atoms with Crippen molar-refractivity contribution in [1.82, 2.24) is 5.32 Å². The average molecular weight is 280 g/mol. The van der Waals surface area contributed by atoms with E-state index in [2.05, 4.69) is 19.2 Å². The average Bonchev–Trinajstić information content (AvgIpc) is 3.26. The number of nitrogens with one attached hydrogen (secondary N) is 1. The molecule has 114 valence electrons. The van der Waals surface area contributed by atoms with Gasteiger partial charge in [-0.15, -0.1) is 0 Å². The van der Waals surface area contributed by atoms with Gasteiger partial charge in [0, 0.05) is 24.5 Å². The van der Waals surface area contributed by atoms with Gasteiger partial charge < -0.3 is 15.8 Å². The zero-order valence-corrected chi connectivity index (χ0v) is 12.8. The molecule has 0 aromatic rings. The van der Waals surface area contributed by atoms with Crippen LogP contribution >= 0.6 is 0 Å². The molecular weight excluding hydrogens is 252 g/mol. The maximum Gasteiger partial charge on any atom is 0.241 e. The van der Waals surface area contributed by atoms with Crippen molar-refractivity contribution < 1.29 is 9.53 Å². The number of rotatable bonds is 5. The van der Waals surface area contributed by atoms with Gasteiger partial charge in [0.1, 0.15) is 5.54 Å². The molecule has 0 spiro atoms. The molecule has 1 aliphatic heterocycles. The van der Waals surface area contributed by atoms with Crippen LogP contribution in [0.25, 0.3) is 0 Å². The second-order valence-corrected chi connectivity index (χ2v) is 7.47. The summed E-state index contributed by atoms with van der Waals surface area (Å²) >= 11 is 0. The maximum absolute atomic E-state index is 12.6. The third kappa shape index (κ3) is 2.08. The predicted molar refractivity (Wildman–Crippen MR) is 78.1 cm³/mol. The van der Waals surface area contributed by atoms with Crippen LogP contribution < -0.4 is 11.1 Å². The lowest BCUT2D eigenvalue weighted by molar-refractivity contribution is -0.225. The van der Waals surface area contributed by atoms with Crippen LogP contribution in [0.5, 0.6) is 0 Å². The fourth-order valence-corrected chi connectivity index (χ4v) is 4.18. The van der Waals surface area contributed by atoms with Crippen molar-refractivity contribution in [3.8, 4) is 0 Å². The first-order valence-corrected chi connectivity index (χ1v) is 8.16. The molecule has 0 aromatic carbocycles. The first-order valence-electron chi connectivity index (χ1n) is 8.16. The Kier molecular flexibility index (Phi) is 3.57. The number of hydrogen-bond acceptors (Lipinski definition) is 3. The van der Waals surface area contributed by atoms with E-state index >= 15 is 0 Å². The van der Waals surface area contributed by atoms with Crippen molar-refractivity contribution in [3.05, 3.63) is 0 Å².